The van der Waals surface area contributed by atoms with Crippen LogP contribution in [0.1, 0.15) is 57.1 Å². The van der Waals surface area contributed by atoms with Gasteiger partial charge < -0.3 is 26.0 Å². The Bertz CT molecular complexity index is 1570. The number of hydrogen-bond donors (Lipinski definition) is 4. The molecule has 2 aromatic carbocycles. The van der Waals surface area contributed by atoms with E-state index in [0.717, 1.165) is 55.6 Å². The van der Waals surface area contributed by atoms with Crippen LogP contribution in [-0.2, 0) is 25.6 Å². The van der Waals surface area contributed by atoms with E-state index in [1.165, 1.54) is 11.0 Å². The van der Waals surface area contributed by atoms with E-state index in [1.807, 2.05) is 24.3 Å². The smallest absolute Gasteiger partial charge is 0.235 e. The second kappa shape index (κ2) is 12.4. The van der Waals surface area contributed by atoms with Gasteiger partial charge in [-0.2, -0.15) is 0 Å². The highest BCUT2D eigenvalue weighted by atomic mass is 16.3. The van der Waals surface area contributed by atoms with Gasteiger partial charge in [0.05, 0.1) is 11.6 Å². The number of aliphatic hydroxyl groups excluding tert-OH is 1. The van der Waals surface area contributed by atoms with Gasteiger partial charge in [-0.3, -0.25) is 24.1 Å². The number of carbonyl (C=O) groups excluding carboxylic acids is 4. The predicted molar refractivity (Wildman–Crippen MR) is 171 cm³/mol. The molecule has 0 heterocycles. The molecule has 1 amide bonds. The SMILES string of the molecule is CCCCN(CCCC)c1ccccc1-c1ccc(O)c2c1C[C@H]1C[C@H]3[C@H](N(C)C)C(=O)C(C(N)=O)C(=O)[C@@]3(O)C(=O)C1=C2O. The predicted octanol–water partition coefficient (Wildman–Crippen LogP) is 3.41. The quantitative estimate of drug-likeness (QED) is 0.293. The lowest BCUT2D eigenvalue weighted by molar-refractivity contribution is -0.175. The largest absolute Gasteiger partial charge is 0.507 e. The monoisotopic (exact) mass is 617 g/mol. The number of anilines is 1. The fraction of sp³-hybridized carbons (Fsp3) is 0.486. The third-order valence-corrected chi connectivity index (χ3v) is 9.84. The first kappa shape index (κ1) is 32.4. The second-order valence-electron chi connectivity index (χ2n) is 12.8. The van der Waals surface area contributed by atoms with Crippen LogP contribution < -0.4 is 10.6 Å². The number of carbonyl (C=O) groups is 4. The van der Waals surface area contributed by atoms with Crippen molar-refractivity contribution in [2.45, 2.75) is 64.0 Å². The lowest BCUT2D eigenvalue weighted by Crippen LogP contribution is -2.72. The Balaban J connectivity index is 1.67. The van der Waals surface area contributed by atoms with Gasteiger partial charge in [0.15, 0.2) is 23.1 Å². The van der Waals surface area contributed by atoms with Gasteiger partial charge in [-0.15, -0.1) is 0 Å². The minimum absolute atomic E-state index is 0.0166. The van der Waals surface area contributed by atoms with E-state index >= 15 is 0 Å². The maximum atomic E-state index is 14.1. The summed E-state index contributed by atoms with van der Waals surface area (Å²) in [7, 11) is 3.16. The lowest BCUT2D eigenvalue weighted by Gasteiger charge is -2.51. The molecule has 2 aromatic rings. The van der Waals surface area contributed by atoms with Crippen LogP contribution in [-0.4, -0.2) is 82.3 Å². The van der Waals surface area contributed by atoms with E-state index in [2.05, 4.69) is 24.8 Å². The number of nitrogens with two attached hydrogens (primary N) is 1. The van der Waals surface area contributed by atoms with E-state index < -0.39 is 58.4 Å². The van der Waals surface area contributed by atoms with Crippen molar-refractivity contribution < 1.29 is 34.5 Å². The summed E-state index contributed by atoms with van der Waals surface area (Å²) in [6.45, 7) is 6.06. The molecular weight excluding hydrogens is 574 g/mol. The first-order chi connectivity index (χ1) is 21.4. The topological polar surface area (TPSA) is 161 Å². The van der Waals surface area contributed by atoms with E-state index in [1.54, 1.807) is 14.1 Å². The number of ketones is 3. The van der Waals surface area contributed by atoms with Crippen LogP contribution in [0.15, 0.2) is 42.0 Å². The van der Waals surface area contributed by atoms with Crippen molar-refractivity contribution in [2.75, 3.05) is 32.1 Å². The Morgan fingerprint density at radius 2 is 1.62 bits per heavy atom. The highest BCUT2D eigenvalue weighted by molar-refractivity contribution is 6.32. The number of aromatic hydroxyl groups is 1. The molecule has 240 valence electrons. The molecule has 0 radical (unpaired) electrons. The summed E-state index contributed by atoms with van der Waals surface area (Å²) in [4.78, 5) is 57.2. The normalized spacial score (nSPS) is 26.0. The molecule has 5 atom stereocenters. The van der Waals surface area contributed by atoms with E-state index in [-0.39, 0.29) is 29.7 Å². The van der Waals surface area contributed by atoms with Crippen LogP contribution in [0, 0.1) is 17.8 Å². The van der Waals surface area contributed by atoms with Gasteiger partial charge in [0.25, 0.3) is 0 Å². The van der Waals surface area contributed by atoms with Crippen molar-refractivity contribution in [1.29, 1.82) is 0 Å². The molecule has 0 aliphatic heterocycles. The van der Waals surface area contributed by atoms with Gasteiger partial charge in [-0.25, -0.2) is 0 Å². The van der Waals surface area contributed by atoms with Crippen LogP contribution >= 0.6 is 0 Å². The first-order valence-electron chi connectivity index (χ1n) is 15.8. The van der Waals surface area contributed by atoms with Crippen molar-refractivity contribution in [1.82, 2.24) is 4.90 Å². The molecule has 3 aliphatic carbocycles. The highest BCUT2D eigenvalue weighted by Gasteiger charge is 2.67. The number of primary amides is 1. The Labute approximate surface area is 263 Å². The number of benzene rings is 2. The van der Waals surface area contributed by atoms with Crippen molar-refractivity contribution in [2.24, 2.45) is 23.5 Å². The number of phenols is 1. The van der Waals surface area contributed by atoms with Crippen LogP contribution in [0.25, 0.3) is 16.9 Å². The number of fused-ring (bicyclic) bond motifs is 3. The molecule has 2 fully saturated rings. The average Bonchev–Trinajstić information content (AvgIpc) is 2.99. The van der Waals surface area contributed by atoms with E-state index in [9.17, 15) is 34.5 Å². The first-order valence-corrected chi connectivity index (χ1v) is 15.8. The summed E-state index contributed by atoms with van der Waals surface area (Å²) in [5, 5.41) is 34.6. The van der Waals surface area contributed by atoms with Crippen molar-refractivity contribution in [3.05, 3.63) is 53.1 Å². The standard InChI is InChI=1S/C35H43N3O7/c1-5-7-15-38(16-8-6-2)24-12-10-9-11-21(24)20-13-14-25(39)27-22(20)17-19-18-23-29(37(3)4)31(41)28(34(36)44)33(43)35(23,45)32(42)26(19)30(27)40/h9-14,19,23,28-29,39-40,45H,5-8,15-18H2,1-4H3,(H2,36,44)/t19-,23-,28?,29-,35-/m0/s1. The molecule has 2 saturated carbocycles. The van der Waals surface area contributed by atoms with Gasteiger partial charge in [-0.1, -0.05) is 51.0 Å². The molecule has 45 heavy (non-hydrogen) atoms. The number of para-hydroxylation sites is 1. The number of amides is 1. The van der Waals surface area contributed by atoms with Crippen molar-refractivity contribution in [3.8, 4) is 16.9 Å². The number of aliphatic hydroxyl groups is 2. The summed E-state index contributed by atoms with van der Waals surface area (Å²) in [6.07, 6.45) is 4.37. The Morgan fingerprint density at radius 1 is 0.978 bits per heavy atom. The summed E-state index contributed by atoms with van der Waals surface area (Å²) in [6, 6.07) is 10.2. The maximum Gasteiger partial charge on any atom is 0.235 e. The molecular formula is C35H43N3O7. The average molecular weight is 618 g/mol. The van der Waals surface area contributed by atoms with Crippen LogP contribution in [0.5, 0.6) is 5.75 Å². The van der Waals surface area contributed by atoms with Gasteiger partial charge in [-0.05, 0) is 69.0 Å². The minimum atomic E-state index is -2.74. The summed E-state index contributed by atoms with van der Waals surface area (Å²) in [5.41, 5.74) is 5.97. The van der Waals surface area contributed by atoms with Gasteiger partial charge in [0.2, 0.25) is 11.7 Å². The summed E-state index contributed by atoms with van der Waals surface area (Å²) in [5.74, 6) is -8.86. The Kier molecular flexibility index (Phi) is 8.92. The summed E-state index contributed by atoms with van der Waals surface area (Å²) < 4.78 is 0. The molecule has 5 N–H and O–H groups in total. The third-order valence-electron chi connectivity index (χ3n) is 9.84. The number of phenolic OH excluding ortho intramolecular Hbond substituents is 1. The van der Waals surface area contributed by atoms with E-state index in [0.29, 0.717) is 5.56 Å². The highest BCUT2D eigenvalue weighted by Crippen LogP contribution is 2.53. The molecule has 0 bridgehead atoms. The van der Waals surface area contributed by atoms with Crippen LogP contribution in [0.3, 0.4) is 0 Å². The van der Waals surface area contributed by atoms with Crippen LogP contribution in [0.4, 0.5) is 5.69 Å². The number of rotatable bonds is 10. The number of nitrogens with zero attached hydrogens (tertiary/aromatic N) is 2. The van der Waals surface area contributed by atoms with Gasteiger partial charge >= 0.3 is 0 Å². The zero-order valence-corrected chi connectivity index (χ0v) is 26.4. The maximum absolute atomic E-state index is 14.1. The molecule has 0 spiro atoms. The molecule has 5 rings (SSSR count). The van der Waals surface area contributed by atoms with Gasteiger partial charge in [0.1, 0.15) is 11.5 Å². The molecule has 0 aromatic heterocycles. The number of hydrogen-bond acceptors (Lipinski definition) is 9. The number of unbranched alkanes of at least 4 members (excludes halogenated alkanes) is 2. The molecule has 10 heteroatoms. The summed E-state index contributed by atoms with van der Waals surface area (Å²) >= 11 is 0. The Hall–Kier alpha value is -4.02. The lowest BCUT2D eigenvalue weighted by atomic mass is 9.54. The third kappa shape index (κ3) is 5.13. The van der Waals surface area contributed by atoms with Crippen LogP contribution in [0.2, 0.25) is 0 Å². The minimum Gasteiger partial charge on any atom is -0.507 e. The van der Waals surface area contributed by atoms with Crippen molar-refractivity contribution >= 4 is 34.7 Å². The molecule has 1 unspecified atom stereocenters. The molecule has 10 nitrogen and oxygen atoms in total. The number of likely N-dealkylation sites (N-methyl/N-ethyl adjacent to an activating group) is 1. The molecule has 0 saturated heterocycles. The number of Topliss-reactive ketones (excluding diaryl/α,β-unsaturated/α-hetero) is 3. The van der Waals surface area contributed by atoms with Gasteiger partial charge in [0, 0.05) is 35.8 Å². The second-order valence-corrected chi connectivity index (χ2v) is 12.8. The Morgan fingerprint density at radius 3 is 2.22 bits per heavy atom. The van der Waals surface area contributed by atoms with Crippen molar-refractivity contribution in [3.63, 3.8) is 0 Å². The fourth-order valence-corrected chi connectivity index (χ4v) is 7.67. The fourth-order valence-electron chi connectivity index (χ4n) is 7.67. The molecule has 3 aliphatic rings. The zero-order valence-electron chi connectivity index (χ0n) is 26.4. The van der Waals surface area contributed by atoms with E-state index in [4.69, 9.17) is 5.73 Å². The zero-order chi connectivity index (χ0) is 32.8.